The van der Waals surface area contributed by atoms with Crippen molar-refractivity contribution in [3.63, 3.8) is 0 Å². The van der Waals surface area contributed by atoms with Crippen LogP contribution in [0.25, 0.3) is 0 Å². The summed E-state index contributed by atoms with van der Waals surface area (Å²) in [4.78, 5) is 0. The van der Waals surface area contributed by atoms with Crippen molar-refractivity contribution in [2.45, 2.75) is 25.3 Å². The molecule has 2 saturated heterocycles. The van der Waals surface area contributed by atoms with Crippen LogP contribution in [0.3, 0.4) is 0 Å². The molecule has 3 nitrogen and oxygen atoms in total. The van der Waals surface area contributed by atoms with Crippen LogP contribution in [0.4, 0.5) is 0 Å². The summed E-state index contributed by atoms with van der Waals surface area (Å²) in [5.41, 5.74) is 0. The number of hydrogen-bond acceptors (Lipinski definition) is 3. The van der Waals surface area contributed by atoms with Gasteiger partial charge in [0, 0.05) is 25.9 Å². The Kier molecular flexibility index (Phi) is 3.19. The molecule has 76 valence electrons. The lowest BCUT2D eigenvalue weighted by atomic mass is 9.85. The van der Waals surface area contributed by atoms with E-state index in [9.17, 15) is 5.11 Å². The van der Waals surface area contributed by atoms with Crippen molar-refractivity contribution in [1.29, 1.82) is 0 Å². The van der Waals surface area contributed by atoms with Gasteiger partial charge in [-0.25, -0.2) is 0 Å². The number of hydrogen-bond donors (Lipinski definition) is 2. The number of aliphatic hydroxyl groups excluding tert-OH is 1. The first-order chi connectivity index (χ1) is 6.42. The third kappa shape index (κ3) is 2.03. The zero-order chi connectivity index (χ0) is 9.10. The van der Waals surface area contributed by atoms with Crippen molar-refractivity contribution in [3.05, 3.63) is 0 Å². The van der Waals surface area contributed by atoms with E-state index in [0.717, 1.165) is 44.9 Å². The fraction of sp³-hybridized carbons (Fsp3) is 1.00. The molecule has 2 unspecified atom stereocenters. The molecule has 0 aliphatic carbocycles. The largest absolute Gasteiger partial charge is 0.396 e. The molecule has 0 bridgehead atoms. The molecule has 13 heavy (non-hydrogen) atoms. The van der Waals surface area contributed by atoms with Crippen LogP contribution in [0, 0.1) is 11.8 Å². The molecular formula is C10H19NO2. The highest BCUT2D eigenvalue weighted by molar-refractivity contribution is 4.89. The first-order valence-electron chi connectivity index (χ1n) is 5.34. The van der Waals surface area contributed by atoms with Crippen molar-refractivity contribution < 1.29 is 9.84 Å². The summed E-state index contributed by atoms with van der Waals surface area (Å²) in [5.74, 6) is 1.22. The van der Waals surface area contributed by atoms with E-state index in [1.165, 1.54) is 0 Å². The van der Waals surface area contributed by atoms with Crippen molar-refractivity contribution in [2.75, 3.05) is 26.4 Å². The van der Waals surface area contributed by atoms with Gasteiger partial charge < -0.3 is 15.2 Å². The Hall–Kier alpha value is -0.120. The Morgan fingerprint density at radius 2 is 2.00 bits per heavy atom. The summed E-state index contributed by atoms with van der Waals surface area (Å²) in [5, 5.41) is 12.7. The van der Waals surface area contributed by atoms with Gasteiger partial charge in [-0.05, 0) is 37.6 Å². The Bertz CT molecular complexity index is 157. The van der Waals surface area contributed by atoms with Gasteiger partial charge in [0.05, 0.1) is 0 Å². The maximum absolute atomic E-state index is 9.20. The van der Waals surface area contributed by atoms with Gasteiger partial charge in [-0.2, -0.15) is 0 Å². The minimum atomic E-state index is 0.342. The van der Waals surface area contributed by atoms with Gasteiger partial charge in [0.25, 0.3) is 0 Å². The highest BCUT2D eigenvalue weighted by Crippen LogP contribution is 2.28. The van der Waals surface area contributed by atoms with Crippen molar-refractivity contribution >= 4 is 0 Å². The molecule has 2 aliphatic heterocycles. The lowest BCUT2D eigenvalue weighted by Crippen LogP contribution is -2.39. The Labute approximate surface area is 79.5 Å². The van der Waals surface area contributed by atoms with Gasteiger partial charge in [-0.3, -0.25) is 0 Å². The van der Waals surface area contributed by atoms with E-state index in [-0.39, 0.29) is 0 Å². The Morgan fingerprint density at radius 3 is 2.69 bits per heavy atom. The van der Waals surface area contributed by atoms with Gasteiger partial charge in [0.1, 0.15) is 0 Å². The minimum Gasteiger partial charge on any atom is -0.396 e. The van der Waals surface area contributed by atoms with Crippen LogP contribution in [0.15, 0.2) is 0 Å². The summed E-state index contributed by atoms with van der Waals surface area (Å²) >= 11 is 0. The van der Waals surface area contributed by atoms with Gasteiger partial charge >= 0.3 is 0 Å². The van der Waals surface area contributed by atoms with E-state index in [2.05, 4.69) is 5.32 Å². The van der Waals surface area contributed by atoms with Gasteiger partial charge in [0.2, 0.25) is 0 Å². The molecule has 0 amide bonds. The highest BCUT2D eigenvalue weighted by Gasteiger charge is 2.33. The molecule has 2 atom stereocenters. The SMILES string of the molecule is OCC1CCNC1C1CCOCC1. The Balaban J connectivity index is 1.90. The van der Waals surface area contributed by atoms with Gasteiger partial charge in [-0.1, -0.05) is 0 Å². The molecule has 3 heteroatoms. The smallest absolute Gasteiger partial charge is 0.0474 e. The molecule has 0 saturated carbocycles. The molecule has 2 N–H and O–H groups in total. The molecule has 2 aliphatic rings. The summed E-state index contributed by atoms with van der Waals surface area (Å²) in [7, 11) is 0. The van der Waals surface area contributed by atoms with Crippen LogP contribution in [0.5, 0.6) is 0 Å². The molecule has 0 aromatic carbocycles. The fourth-order valence-electron chi connectivity index (χ4n) is 2.61. The van der Waals surface area contributed by atoms with Crippen LogP contribution in [0.2, 0.25) is 0 Å². The lowest BCUT2D eigenvalue weighted by molar-refractivity contribution is 0.0454. The number of rotatable bonds is 2. The second kappa shape index (κ2) is 4.40. The molecular weight excluding hydrogens is 166 g/mol. The third-order valence-electron chi connectivity index (χ3n) is 3.41. The van der Waals surface area contributed by atoms with E-state index >= 15 is 0 Å². The van der Waals surface area contributed by atoms with Crippen molar-refractivity contribution in [2.24, 2.45) is 11.8 Å². The zero-order valence-corrected chi connectivity index (χ0v) is 8.04. The maximum Gasteiger partial charge on any atom is 0.0474 e. The normalized spacial score (nSPS) is 36.7. The Morgan fingerprint density at radius 1 is 1.23 bits per heavy atom. The topological polar surface area (TPSA) is 41.5 Å². The van der Waals surface area contributed by atoms with Crippen LogP contribution in [-0.4, -0.2) is 37.5 Å². The number of ether oxygens (including phenoxy) is 1. The maximum atomic E-state index is 9.20. The minimum absolute atomic E-state index is 0.342. The fourth-order valence-corrected chi connectivity index (χ4v) is 2.61. The summed E-state index contributed by atoms with van der Waals surface area (Å²) in [6.07, 6.45) is 3.46. The predicted octanol–water partition coefficient (Wildman–Crippen LogP) is 0.383. The lowest BCUT2D eigenvalue weighted by Gasteiger charge is -2.30. The molecule has 2 heterocycles. The predicted molar refractivity (Wildman–Crippen MR) is 50.5 cm³/mol. The van der Waals surface area contributed by atoms with Crippen LogP contribution >= 0.6 is 0 Å². The van der Waals surface area contributed by atoms with E-state index < -0.39 is 0 Å². The van der Waals surface area contributed by atoms with E-state index in [4.69, 9.17) is 4.74 Å². The zero-order valence-electron chi connectivity index (χ0n) is 8.04. The average molecular weight is 185 g/mol. The quantitative estimate of drug-likeness (QED) is 0.653. The first kappa shape index (κ1) is 9.44. The number of nitrogens with one attached hydrogen (secondary N) is 1. The van der Waals surface area contributed by atoms with Gasteiger partial charge in [-0.15, -0.1) is 0 Å². The first-order valence-corrected chi connectivity index (χ1v) is 5.34. The summed E-state index contributed by atoms with van der Waals surface area (Å²) in [6.45, 7) is 3.23. The van der Waals surface area contributed by atoms with E-state index in [1.54, 1.807) is 0 Å². The standard InChI is InChI=1S/C10H19NO2/c12-7-9-1-4-11-10(9)8-2-5-13-6-3-8/h8-12H,1-7H2. The number of aliphatic hydroxyl groups is 1. The summed E-state index contributed by atoms with van der Waals surface area (Å²) < 4.78 is 5.34. The molecule has 2 rings (SSSR count). The molecule has 0 radical (unpaired) electrons. The van der Waals surface area contributed by atoms with Crippen molar-refractivity contribution in [1.82, 2.24) is 5.32 Å². The monoisotopic (exact) mass is 185 g/mol. The van der Waals surface area contributed by atoms with Gasteiger partial charge in [0.15, 0.2) is 0 Å². The second-order valence-electron chi connectivity index (χ2n) is 4.16. The molecule has 2 fully saturated rings. The third-order valence-corrected chi connectivity index (χ3v) is 3.41. The van der Waals surface area contributed by atoms with Crippen LogP contribution < -0.4 is 5.32 Å². The van der Waals surface area contributed by atoms with Crippen LogP contribution in [0.1, 0.15) is 19.3 Å². The highest BCUT2D eigenvalue weighted by atomic mass is 16.5. The molecule has 0 aromatic heterocycles. The van der Waals surface area contributed by atoms with Crippen molar-refractivity contribution in [3.8, 4) is 0 Å². The van der Waals surface area contributed by atoms with E-state index in [0.29, 0.717) is 18.6 Å². The second-order valence-corrected chi connectivity index (χ2v) is 4.16. The summed E-state index contributed by atoms with van der Waals surface area (Å²) in [6, 6.07) is 0.550. The van der Waals surface area contributed by atoms with E-state index in [1.807, 2.05) is 0 Å². The molecule has 0 aromatic rings. The molecule has 0 spiro atoms. The average Bonchev–Trinajstić information content (AvgIpc) is 2.67. The van der Waals surface area contributed by atoms with Crippen LogP contribution in [-0.2, 0) is 4.74 Å².